The van der Waals surface area contributed by atoms with Crippen molar-refractivity contribution in [3.8, 4) is 0 Å². The first kappa shape index (κ1) is 10.8. The van der Waals surface area contributed by atoms with Crippen LogP contribution < -0.4 is 10.6 Å². The van der Waals surface area contributed by atoms with E-state index in [1.165, 1.54) is 12.8 Å². The third-order valence-electron chi connectivity index (χ3n) is 2.60. The van der Waals surface area contributed by atoms with Crippen molar-refractivity contribution in [3.63, 3.8) is 0 Å². The first-order valence-electron chi connectivity index (χ1n) is 5.27. The van der Waals surface area contributed by atoms with E-state index in [0.29, 0.717) is 11.2 Å². The molecule has 0 bridgehead atoms. The average molecular weight is 227 g/mol. The highest BCUT2D eigenvalue weighted by Crippen LogP contribution is 2.05. The van der Waals surface area contributed by atoms with Gasteiger partial charge in [0.25, 0.3) is 0 Å². The lowest BCUT2D eigenvalue weighted by Gasteiger charge is -2.23. The van der Waals surface area contributed by atoms with E-state index in [9.17, 15) is 0 Å². The van der Waals surface area contributed by atoms with E-state index >= 15 is 0 Å². The van der Waals surface area contributed by atoms with Crippen LogP contribution in [0.25, 0.3) is 0 Å². The Bertz CT molecular complexity index is 295. The van der Waals surface area contributed by atoms with Crippen molar-refractivity contribution >= 4 is 11.6 Å². The van der Waals surface area contributed by atoms with Gasteiger partial charge in [-0.25, -0.2) is 0 Å². The molecule has 2 rings (SSSR count). The maximum Gasteiger partial charge on any atom is 0.151 e. The predicted octanol–water partition coefficient (Wildman–Crippen LogP) is 0.972. The summed E-state index contributed by atoms with van der Waals surface area (Å²) in [7, 11) is 0. The summed E-state index contributed by atoms with van der Waals surface area (Å²) >= 11 is 5.66. The Balaban J connectivity index is 1.79. The van der Waals surface area contributed by atoms with E-state index in [1.54, 1.807) is 6.07 Å². The molecule has 1 fully saturated rings. The fourth-order valence-corrected chi connectivity index (χ4v) is 1.81. The number of nitrogens with one attached hydrogen (secondary N) is 2. The van der Waals surface area contributed by atoms with Crippen LogP contribution in [0, 0.1) is 0 Å². The van der Waals surface area contributed by atoms with E-state index in [2.05, 4.69) is 20.8 Å². The lowest BCUT2D eigenvalue weighted by Crippen LogP contribution is -2.39. The maximum atomic E-state index is 5.66. The molecule has 4 nitrogen and oxygen atoms in total. The van der Waals surface area contributed by atoms with Crippen molar-refractivity contribution in [1.82, 2.24) is 20.8 Å². The molecule has 2 heterocycles. The van der Waals surface area contributed by atoms with Crippen LogP contribution in [0.4, 0.5) is 0 Å². The minimum Gasteiger partial charge on any atom is -0.317 e. The molecule has 2 N–H and O–H groups in total. The molecule has 1 aromatic heterocycles. The molecular formula is C10H15ClN4. The summed E-state index contributed by atoms with van der Waals surface area (Å²) in [4.78, 5) is 0. The molecule has 0 spiro atoms. The molecule has 82 valence electrons. The fourth-order valence-electron chi connectivity index (χ4n) is 1.71. The predicted molar refractivity (Wildman–Crippen MR) is 59.8 cm³/mol. The Kier molecular flexibility index (Phi) is 3.88. The third-order valence-corrected chi connectivity index (χ3v) is 2.80. The minimum atomic E-state index is 0.445. The molecule has 1 saturated heterocycles. The van der Waals surface area contributed by atoms with Gasteiger partial charge in [0.15, 0.2) is 5.15 Å². The number of hydrogen-bond acceptors (Lipinski definition) is 4. The zero-order valence-electron chi connectivity index (χ0n) is 8.54. The number of halogens is 1. The van der Waals surface area contributed by atoms with E-state index in [1.807, 2.05) is 6.07 Å². The van der Waals surface area contributed by atoms with Crippen molar-refractivity contribution in [2.75, 3.05) is 13.1 Å². The molecule has 0 aromatic carbocycles. The summed E-state index contributed by atoms with van der Waals surface area (Å²) < 4.78 is 0. The van der Waals surface area contributed by atoms with Crippen LogP contribution in [-0.4, -0.2) is 29.3 Å². The standard InChI is InChI=1S/C10H15ClN4/c11-10-2-1-9(14-15-10)7-13-8-3-5-12-6-4-8/h1-2,8,12-13H,3-7H2. The van der Waals surface area contributed by atoms with Gasteiger partial charge in [0.05, 0.1) is 5.69 Å². The van der Waals surface area contributed by atoms with Gasteiger partial charge in [-0.2, -0.15) is 5.10 Å². The largest absolute Gasteiger partial charge is 0.317 e. The second-order valence-corrected chi connectivity index (χ2v) is 4.14. The van der Waals surface area contributed by atoms with Crippen LogP contribution in [0.3, 0.4) is 0 Å². The first-order chi connectivity index (χ1) is 7.34. The highest BCUT2D eigenvalue weighted by Gasteiger charge is 2.11. The van der Waals surface area contributed by atoms with E-state index in [4.69, 9.17) is 11.6 Å². The van der Waals surface area contributed by atoms with Crippen LogP contribution in [0.5, 0.6) is 0 Å². The first-order valence-corrected chi connectivity index (χ1v) is 5.64. The van der Waals surface area contributed by atoms with Gasteiger partial charge in [-0.1, -0.05) is 11.6 Å². The van der Waals surface area contributed by atoms with Crippen molar-refractivity contribution in [3.05, 3.63) is 23.0 Å². The lowest BCUT2D eigenvalue weighted by atomic mass is 10.1. The van der Waals surface area contributed by atoms with E-state index in [-0.39, 0.29) is 0 Å². The molecule has 0 radical (unpaired) electrons. The number of rotatable bonds is 3. The van der Waals surface area contributed by atoms with Crippen LogP contribution in [0.15, 0.2) is 12.1 Å². The van der Waals surface area contributed by atoms with Gasteiger partial charge in [0, 0.05) is 12.6 Å². The number of piperidine rings is 1. The molecular weight excluding hydrogens is 212 g/mol. The summed E-state index contributed by atoms with van der Waals surface area (Å²) in [5.41, 5.74) is 0.943. The molecule has 0 unspecified atom stereocenters. The molecule has 0 atom stereocenters. The second-order valence-electron chi connectivity index (χ2n) is 3.75. The Morgan fingerprint density at radius 2 is 2.13 bits per heavy atom. The van der Waals surface area contributed by atoms with Gasteiger partial charge in [0.2, 0.25) is 0 Å². The molecule has 1 aliphatic heterocycles. The SMILES string of the molecule is Clc1ccc(CNC2CCNCC2)nn1. The molecule has 1 aromatic rings. The van der Waals surface area contributed by atoms with E-state index in [0.717, 1.165) is 25.3 Å². The van der Waals surface area contributed by atoms with Gasteiger partial charge in [-0.3, -0.25) is 0 Å². The Hall–Kier alpha value is -0.710. The zero-order valence-corrected chi connectivity index (χ0v) is 9.30. The number of nitrogens with zero attached hydrogens (tertiary/aromatic N) is 2. The van der Waals surface area contributed by atoms with Crippen molar-refractivity contribution in [2.45, 2.75) is 25.4 Å². The lowest BCUT2D eigenvalue weighted by molar-refractivity contribution is 0.384. The van der Waals surface area contributed by atoms with Gasteiger partial charge in [-0.05, 0) is 38.1 Å². The Labute approximate surface area is 94.4 Å². The van der Waals surface area contributed by atoms with Gasteiger partial charge in [-0.15, -0.1) is 5.10 Å². The molecule has 0 amide bonds. The highest BCUT2D eigenvalue weighted by atomic mass is 35.5. The van der Waals surface area contributed by atoms with Crippen LogP contribution in [-0.2, 0) is 6.54 Å². The second kappa shape index (κ2) is 5.39. The molecule has 0 aliphatic carbocycles. The minimum absolute atomic E-state index is 0.445. The Morgan fingerprint density at radius 3 is 2.80 bits per heavy atom. The molecule has 5 heteroatoms. The van der Waals surface area contributed by atoms with Crippen LogP contribution in [0.1, 0.15) is 18.5 Å². The summed E-state index contributed by atoms with van der Waals surface area (Å²) in [6, 6.07) is 4.28. The zero-order chi connectivity index (χ0) is 10.5. The molecule has 1 aliphatic rings. The molecule has 15 heavy (non-hydrogen) atoms. The summed E-state index contributed by atoms with van der Waals surface area (Å²) in [5, 5.41) is 15.1. The van der Waals surface area contributed by atoms with Crippen LogP contribution in [0.2, 0.25) is 5.15 Å². The van der Waals surface area contributed by atoms with Gasteiger partial charge < -0.3 is 10.6 Å². The van der Waals surface area contributed by atoms with Crippen LogP contribution >= 0.6 is 11.6 Å². The van der Waals surface area contributed by atoms with Crippen molar-refractivity contribution < 1.29 is 0 Å². The normalized spacial score (nSPS) is 17.9. The smallest absolute Gasteiger partial charge is 0.151 e. The maximum absolute atomic E-state index is 5.66. The van der Waals surface area contributed by atoms with Gasteiger partial charge in [0.1, 0.15) is 0 Å². The molecule has 0 saturated carbocycles. The summed E-state index contributed by atoms with van der Waals surface area (Å²) in [6.07, 6.45) is 2.36. The van der Waals surface area contributed by atoms with Gasteiger partial charge >= 0.3 is 0 Å². The Morgan fingerprint density at radius 1 is 1.33 bits per heavy atom. The fraction of sp³-hybridized carbons (Fsp3) is 0.600. The number of hydrogen-bond donors (Lipinski definition) is 2. The highest BCUT2D eigenvalue weighted by molar-refractivity contribution is 6.29. The number of aromatic nitrogens is 2. The summed E-state index contributed by atoms with van der Waals surface area (Å²) in [6.45, 7) is 2.97. The monoisotopic (exact) mass is 226 g/mol. The van der Waals surface area contributed by atoms with Crippen molar-refractivity contribution in [1.29, 1.82) is 0 Å². The summed E-state index contributed by atoms with van der Waals surface area (Å²) in [5.74, 6) is 0. The topological polar surface area (TPSA) is 49.8 Å². The third kappa shape index (κ3) is 3.41. The van der Waals surface area contributed by atoms with E-state index < -0.39 is 0 Å². The van der Waals surface area contributed by atoms with Crippen molar-refractivity contribution in [2.24, 2.45) is 0 Å². The quantitative estimate of drug-likeness (QED) is 0.807. The average Bonchev–Trinajstić information content (AvgIpc) is 2.30.